The number of hydrogen-bond acceptors (Lipinski definition) is 5. The first-order chi connectivity index (χ1) is 18.9. The zero-order chi connectivity index (χ0) is 27.4. The predicted octanol–water partition coefficient (Wildman–Crippen LogP) is 6.86. The van der Waals surface area contributed by atoms with Crippen LogP contribution in [0.2, 0.25) is 0 Å². The van der Waals surface area contributed by atoms with Crippen LogP contribution in [0.5, 0.6) is 17.2 Å². The number of carbonyl (C=O) groups excluding carboxylic acids is 1. The van der Waals surface area contributed by atoms with E-state index in [0.29, 0.717) is 22.8 Å². The number of amides is 1. The molecular weight excluding hydrogens is 494 g/mol. The molecule has 1 heterocycles. The highest BCUT2D eigenvalue weighted by Crippen LogP contribution is 2.39. The standard InChI is InChI=1S/C32H29NO6/c1-21-31(24-11-7-4-8-12-24)39-32(36)33(21)20-26-19-25(23-9-5-3-6-10-23)14-16-27(26)38-29-17-22(18-30(34)35)13-15-28(29)37-2/h3-17,19,21,31H,18,20H2,1-2H3,(H,34,35)/t21?,31-/m0/s1. The second-order valence-electron chi connectivity index (χ2n) is 9.43. The number of rotatable bonds is 9. The van der Waals surface area contributed by atoms with Gasteiger partial charge in [-0.1, -0.05) is 72.8 Å². The van der Waals surface area contributed by atoms with Gasteiger partial charge in [0.1, 0.15) is 11.9 Å². The third kappa shape index (κ3) is 5.72. The van der Waals surface area contributed by atoms with Crippen molar-refractivity contribution < 1.29 is 28.9 Å². The minimum Gasteiger partial charge on any atom is -0.493 e. The van der Waals surface area contributed by atoms with Gasteiger partial charge in [0, 0.05) is 5.56 Å². The molecule has 1 unspecified atom stereocenters. The summed E-state index contributed by atoms with van der Waals surface area (Å²) < 4.78 is 17.6. The third-order valence-electron chi connectivity index (χ3n) is 6.83. The van der Waals surface area contributed by atoms with Crippen LogP contribution in [0, 0.1) is 0 Å². The van der Waals surface area contributed by atoms with E-state index in [-0.39, 0.29) is 25.1 Å². The van der Waals surface area contributed by atoms with E-state index in [2.05, 4.69) is 0 Å². The van der Waals surface area contributed by atoms with E-state index in [4.69, 9.17) is 14.2 Å². The number of carboxylic acids is 1. The topological polar surface area (TPSA) is 85.3 Å². The lowest BCUT2D eigenvalue weighted by Gasteiger charge is -2.23. The van der Waals surface area contributed by atoms with Crippen LogP contribution in [0.4, 0.5) is 4.79 Å². The molecule has 1 amide bonds. The molecule has 7 heteroatoms. The average Bonchev–Trinajstić information content (AvgIpc) is 3.23. The van der Waals surface area contributed by atoms with Gasteiger partial charge in [0.05, 0.1) is 26.1 Å². The fourth-order valence-electron chi connectivity index (χ4n) is 4.80. The lowest BCUT2D eigenvalue weighted by Crippen LogP contribution is -2.31. The van der Waals surface area contributed by atoms with Gasteiger partial charge in [0.2, 0.25) is 0 Å². The molecule has 1 N–H and O–H groups in total. The Kier molecular flexibility index (Phi) is 7.50. The van der Waals surface area contributed by atoms with Crippen LogP contribution < -0.4 is 9.47 Å². The summed E-state index contributed by atoms with van der Waals surface area (Å²) in [5.74, 6) is 0.460. The maximum Gasteiger partial charge on any atom is 0.411 e. The Bertz CT molecular complexity index is 1470. The van der Waals surface area contributed by atoms with Crippen molar-refractivity contribution in [3.05, 3.63) is 114 Å². The van der Waals surface area contributed by atoms with E-state index in [0.717, 1.165) is 22.3 Å². The number of hydrogen-bond donors (Lipinski definition) is 1. The molecule has 2 atom stereocenters. The fourth-order valence-corrected chi connectivity index (χ4v) is 4.80. The SMILES string of the molecule is COc1ccc(CC(=O)O)cc1Oc1ccc(-c2ccccc2)cc1CN1C(=O)O[C@H](c2ccccc2)C1C. The average molecular weight is 524 g/mol. The van der Waals surface area contributed by atoms with Crippen molar-refractivity contribution in [2.45, 2.75) is 32.0 Å². The molecule has 1 aliphatic heterocycles. The molecule has 198 valence electrons. The molecule has 1 fully saturated rings. The summed E-state index contributed by atoms with van der Waals surface area (Å²) in [6, 6.07) is 30.3. The van der Waals surface area contributed by atoms with Crippen molar-refractivity contribution >= 4 is 12.1 Å². The fraction of sp³-hybridized carbons (Fsp3) is 0.188. The zero-order valence-electron chi connectivity index (χ0n) is 21.7. The molecule has 4 aromatic carbocycles. The molecule has 0 saturated carbocycles. The molecule has 1 aliphatic rings. The van der Waals surface area contributed by atoms with Crippen molar-refractivity contribution in [2.24, 2.45) is 0 Å². The zero-order valence-corrected chi connectivity index (χ0v) is 21.7. The van der Waals surface area contributed by atoms with Crippen LogP contribution in [0.15, 0.2) is 97.1 Å². The molecule has 5 rings (SSSR count). The van der Waals surface area contributed by atoms with Crippen molar-refractivity contribution in [3.63, 3.8) is 0 Å². The van der Waals surface area contributed by atoms with E-state index in [1.165, 1.54) is 7.11 Å². The van der Waals surface area contributed by atoms with Gasteiger partial charge in [-0.15, -0.1) is 0 Å². The second kappa shape index (κ2) is 11.3. The van der Waals surface area contributed by atoms with Gasteiger partial charge < -0.3 is 19.3 Å². The Balaban J connectivity index is 1.51. The molecule has 0 aromatic heterocycles. The molecular formula is C32H29NO6. The molecule has 4 aromatic rings. The first kappa shape index (κ1) is 25.9. The Morgan fingerprint density at radius 2 is 1.56 bits per heavy atom. The lowest BCUT2D eigenvalue weighted by atomic mass is 10.0. The molecule has 0 radical (unpaired) electrons. The van der Waals surface area contributed by atoms with E-state index in [1.807, 2.05) is 85.8 Å². The highest BCUT2D eigenvalue weighted by molar-refractivity contribution is 5.72. The largest absolute Gasteiger partial charge is 0.493 e. The summed E-state index contributed by atoms with van der Waals surface area (Å²) in [6.07, 6.45) is -0.917. The summed E-state index contributed by atoms with van der Waals surface area (Å²) in [7, 11) is 1.53. The van der Waals surface area contributed by atoms with E-state index in [1.54, 1.807) is 23.1 Å². The number of carbonyl (C=O) groups is 2. The highest BCUT2D eigenvalue weighted by atomic mass is 16.6. The Morgan fingerprint density at radius 3 is 2.26 bits per heavy atom. The van der Waals surface area contributed by atoms with Gasteiger partial charge in [-0.3, -0.25) is 9.69 Å². The second-order valence-corrected chi connectivity index (χ2v) is 9.43. The normalized spacial score (nSPS) is 16.6. The van der Waals surface area contributed by atoms with Crippen molar-refractivity contribution in [3.8, 4) is 28.4 Å². The minimum absolute atomic E-state index is 0.141. The van der Waals surface area contributed by atoms with Crippen LogP contribution in [0.25, 0.3) is 11.1 Å². The van der Waals surface area contributed by atoms with Crippen molar-refractivity contribution in [1.29, 1.82) is 0 Å². The van der Waals surface area contributed by atoms with Gasteiger partial charge in [0.25, 0.3) is 0 Å². The number of ether oxygens (including phenoxy) is 3. The van der Waals surface area contributed by atoms with Crippen LogP contribution >= 0.6 is 0 Å². The highest BCUT2D eigenvalue weighted by Gasteiger charge is 2.40. The summed E-state index contributed by atoms with van der Waals surface area (Å²) in [5, 5.41) is 9.25. The van der Waals surface area contributed by atoms with Crippen LogP contribution in [-0.2, 0) is 22.5 Å². The number of carboxylic acid groups (broad SMARTS) is 1. The van der Waals surface area contributed by atoms with Crippen LogP contribution in [0.3, 0.4) is 0 Å². The Hall–Kier alpha value is -4.78. The lowest BCUT2D eigenvalue weighted by molar-refractivity contribution is -0.136. The summed E-state index contributed by atoms with van der Waals surface area (Å²) >= 11 is 0. The smallest absolute Gasteiger partial charge is 0.411 e. The molecule has 0 spiro atoms. The first-order valence-electron chi connectivity index (χ1n) is 12.7. The van der Waals surface area contributed by atoms with Gasteiger partial charge in [-0.25, -0.2) is 4.79 Å². The summed E-state index contributed by atoms with van der Waals surface area (Å²) in [6.45, 7) is 2.24. The number of aliphatic carboxylic acids is 1. The maximum absolute atomic E-state index is 13.0. The predicted molar refractivity (Wildman–Crippen MR) is 147 cm³/mol. The molecule has 1 saturated heterocycles. The van der Waals surface area contributed by atoms with Gasteiger partial charge in [-0.05, 0) is 53.4 Å². The first-order valence-corrected chi connectivity index (χ1v) is 12.7. The Labute approximate surface area is 227 Å². The van der Waals surface area contributed by atoms with E-state index >= 15 is 0 Å². The monoisotopic (exact) mass is 523 g/mol. The molecule has 0 bridgehead atoms. The van der Waals surface area contributed by atoms with Crippen LogP contribution in [0.1, 0.15) is 29.7 Å². The van der Waals surface area contributed by atoms with Gasteiger partial charge in [-0.2, -0.15) is 0 Å². The van der Waals surface area contributed by atoms with Gasteiger partial charge >= 0.3 is 12.1 Å². The number of benzene rings is 4. The van der Waals surface area contributed by atoms with Crippen molar-refractivity contribution in [2.75, 3.05) is 7.11 Å². The summed E-state index contributed by atoms with van der Waals surface area (Å²) in [5.41, 5.74) is 4.31. The summed E-state index contributed by atoms with van der Waals surface area (Å²) in [4.78, 5) is 26.0. The van der Waals surface area contributed by atoms with E-state index < -0.39 is 12.1 Å². The number of methoxy groups -OCH3 is 1. The minimum atomic E-state index is -0.937. The Morgan fingerprint density at radius 1 is 0.872 bits per heavy atom. The molecule has 39 heavy (non-hydrogen) atoms. The number of cyclic esters (lactones) is 1. The van der Waals surface area contributed by atoms with E-state index in [9.17, 15) is 14.7 Å². The third-order valence-corrected chi connectivity index (χ3v) is 6.83. The molecule has 0 aliphatic carbocycles. The molecule has 7 nitrogen and oxygen atoms in total. The quantitative estimate of drug-likeness (QED) is 0.258. The van der Waals surface area contributed by atoms with Gasteiger partial charge in [0.15, 0.2) is 11.5 Å². The van der Waals surface area contributed by atoms with Crippen LogP contribution in [-0.4, -0.2) is 35.2 Å². The number of nitrogens with zero attached hydrogens (tertiary/aromatic N) is 1. The maximum atomic E-state index is 13.0. The van der Waals surface area contributed by atoms with Crippen molar-refractivity contribution in [1.82, 2.24) is 4.90 Å².